The maximum atomic E-state index is 12.1. The molecule has 1 rings (SSSR count). The number of carbonyl (C=O) groups excluding carboxylic acids is 2. The van der Waals surface area contributed by atoms with Gasteiger partial charge in [0.05, 0.1) is 6.54 Å². The van der Waals surface area contributed by atoms with Crippen LogP contribution >= 0.6 is 0 Å². The van der Waals surface area contributed by atoms with Gasteiger partial charge in [0.15, 0.2) is 0 Å². The number of nitrogens with zero attached hydrogens (tertiary/aromatic N) is 1. The zero-order valence-corrected chi connectivity index (χ0v) is 9.25. The maximum absolute atomic E-state index is 12.1. The van der Waals surface area contributed by atoms with E-state index in [0.29, 0.717) is 24.6 Å². The molecule has 4 nitrogen and oxygen atoms in total. The smallest absolute Gasteiger partial charge is 0.293 e. The summed E-state index contributed by atoms with van der Waals surface area (Å²) in [6.07, 6.45) is 1.28. The Labute approximate surface area is 88.6 Å². The Morgan fingerprint density at radius 2 is 2.13 bits per heavy atom. The standard InChI is InChI=1S/C5H6FNO.C5H10O2/c6-7-3-1-2-5(7)4-8;1-5(2,3)7-4-6/h1-3H2;4H,1-3H3. The van der Waals surface area contributed by atoms with Crippen LogP contribution in [0.3, 0.4) is 0 Å². The third-order valence-corrected chi connectivity index (χ3v) is 1.58. The molecule has 1 aliphatic rings. The Kier molecular flexibility index (Phi) is 5.64. The van der Waals surface area contributed by atoms with Crippen molar-refractivity contribution in [2.24, 2.45) is 0 Å². The SMILES string of the molecule is CC(C)(C)OC=O.O=C=C1CCCN1F. The van der Waals surface area contributed by atoms with Gasteiger partial charge in [-0.15, -0.1) is 0 Å². The van der Waals surface area contributed by atoms with Crippen molar-refractivity contribution in [3.63, 3.8) is 0 Å². The molecule has 0 unspecified atom stereocenters. The highest BCUT2D eigenvalue weighted by atomic mass is 19.2. The number of ether oxygens (including phenoxy) is 1. The van der Waals surface area contributed by atoms with Crippen molar-refractivity contribution in [1.29, 1.82) is 0 Å². The van der Waals surface area contributed by atoms with Crippen molar-refractivity contribution in [2.75, 3.05) is 6.54 Å². The van der Waals surface area contributed by atoms with Crippen LogP contribution < -0.4 is 0 Å². The first-order valence-electron chi connectivity index (χ1n) is 4.69. The Balaban J connectivity index is 0.000000265. The van der Waals surface area contributed by atoms with Gasteiger partial charge in [-0.25, -0.2) is 9.92 Å². The normalized spacial score (nSPS) is 15.2. The molecule has 0 aromatic carbocycles. The molecule has 1 aliphatic heterocycles. The van der Waals surface area contributed by atoms with E-state index in [9.17, 15) is 14.1 Å². The average Bonchev–Trinajstić information content (AvgIpc) is 2.49. The van der Waals surface area contributed by atoms with E-state index in [1.807, 2.05) is 20.8 Å². The minimum absolute atomic E-state index is 0.157. The van der Waals surface area contributed by atoms with Crippen molar-refractivity contribution in [2.45, 2.75) is 39.2 Å². The predicted octanol–water partition coefficient (Wildman–Crippen LogP) is 1.64. The number of halogens is 1. The molecule has 0 spiro atoms. The van der Waals surface area contributed by atoms with Crippen molar-refractivity contribution in [1.82, 2.24) is 5.12 Å². The first-order chi connectivity index (χ1) is 6.90. The van der Waals surface area contributed by atoms with Gasteiger partial charge in [0.2, 0.25) is 0 Å². The molecule has 0 aliphatic carbocycles. The lowest BCUT2D eigenvalue weighted by Crippen LogP contribution is -2.17. The lowest BCUT2D eigenvalue weighted by atomic mass is 10.2. The van der Waals surface area contributed by atoms with Gasteiger partial charge in [-0.05, 0) is 27.2 Å². The molecule has 0 N–H and O–H groups in total. The largest absolute Gasteiger partial charge is 0.462 e. The first-order valence-corrected chi connectivity index (χ1v) is 4.69. The monoisotopic (exact) mass is 217 g/mol. The van der Waals surface area contributed by atoms with E-state index in [1.165, 1.54) is 5.94 Å². The summed E-state index contributed by atoms with van der Waals surface area (Å²) in [6, 6.07) is 0. The molecule has 86 valence electrons. The summed E-state index contributed by atoms with van der Waals surface area (Å²) in [5.41, 5.74) is -0.160. The zero-order chi connectivity index (χ0) is 11.9. The van der Waals surface area contributed by atoms with E-state index in [4.69, 9.17) is 0 Å². The van der Waals surface area contributed by atoms with E-state index in [2.05, 4.69) is 4.74 Å². The molecule has 1 heterocycles. The Hall–Kier alpha value is -1.35. The van der Waals surface area contributed by atoms with Crippen molar-refractivity contribution < 1.29 is 18.8 Å². The molecule has 1 saturated heterocycles. The fourth-order valence-corrected chi connectivity index (χ4v) is 0.886. The molecular weight excluding hydrogens is 201 g/mol. The summed E-state index contributed by atoms with van der Waals surface area (Å²) in [6.45, 7) is 6.27. The summed E-state index contributed by atoms with van der Waals surface area (Å²) < 4.78 is 16.7. The van der Waals surface area contributed by atoms with Gasteiger partial charge in [0.1, 0.15) is 17.2 Å². The van der Waals surface area contributed by atoms with Crippen LogP contribution in [0.5, 0.6) is 0 Å². The summed E-state index contributed by atoms with van der Waals surface area (Å²) >= 11 is 0. The van der Waals surface area contributed by atoms with Gasteiger partial charge < -0.3 is 4.74 Å². The van der Waals surface area contributed by atoms with Gasteiger partial charge >= 0.3 is 0 Å². The molecule has 15 heavy (non-hydrogen) atoms. The van der Waals surface area contributed by atoms with Gasteiger partial charge in [-0.3, -0.25) is 4.79 Å². The topological polar surface area (TPSA) is 46.6 Å². The quantitative estimate of drug-likeness (QED) is 0.380. The van der Waals surface area contributed by atoms with Crippen LogP contribution in [-0.2, 0) is 14.3 Å². The molecule has 0 amide bonds. The highest BCUT2D eigenvalue weighted by Gasteiger charge is 2.16. The summed E-state index contributed by atoms with van der Waals surface area (Å²) in [5, 5.41) is 0.451. The minimum Gasteiger partial charge on any atom is -0.462 e. The van der Waals surface area contributed by atoms with Crippen LogP contribution in [0.4, 0.5) is 4.48 Å². The second-order valence-electron chi connectivity index (χ2n) is 4.06. The number of hydrogen-bond donors (Lipinski definition) is 0. The predicted molar refractivity (Wildman–Crippen MR) is 53.2 cm³/mol. The van der Waals surface area contributed by atoms with E-state index in [0.717, 1.165) is 6.42 Å². The van der Waals surface area contributed by atoms with Crippen LogP contribution in [-0.4, -0.2) is 29.7 Å². The third-order valence-electron chi connectivity index (χ3n) is 1.58. The zero-order valence-electron chi connectivity index (χ0n) is 9.25. The van der Waals surface area contributed by atoms with Crippen LogP contribution in [0.25, 0.3) is 0 Å². The van der Waals surface area contributed by atoms with Crippen molar-refractivity contribution >= 4 is 12.4 Å². The molecule has 0 bridgehead atoms. The van der Waals surface area contributed by atoms with Gasteiger partial charge in [0.25, 0.3) is 6.47 Å². The Morgan fingerprint density at radius 1 is 1.53 bits per heavy atom. The number of hydrogen-bond acceptors (Lipinski definition) is 4. The van der Waals surface area contributed by atoms with Crippen LogP contribution in [0.1, 0.15) is 33.6 Å². The van der Waals surface area contributed by atoms with E-state index in [-0.39, 0.29) is 11.3 Å². The van der Waals surface area contributed by atoms with Crippen LogP contribution in [0.2, 0.25) is 0 Å². The fourth-order valence-electron chi connectivity index (χ4n) is 0.886. The van der Waals surface area contributed by atoms with Crippen LogP contribution in [0.15, 0.2) is 5.70 Å². The molecule has 0 aromatic heterocycles. The highest BCUT2D eigenvalue weighted by molar-refractivity contribution is 5.51. The lowest BCUT2D eigenvalue weighted by Gasteiger charge is -2.14. The molecule has 0 saturated carbocycles. The number of rotatable bonds is 1. The highest BCUT2D eigenvalue weighted by Crippen LogP contribution is 2.17. The summed E-state index contributed by atoms with van der Waals surface area (Å²) in [4.78, 5) is 19.4. The van der Waals surface area contributed by atoms with Crippen molar-refractivity contribution in [3.8, 4) is 0 Å². The van der Waals surface area contributed by atoms with E-state index in [1.54, 1.807) is 0 Å². The summed E-state index contributed by atoms with van der Waals surface area (Å²) in [7, 11) is 0. The van der Waals surface area contributed by atoms with Gasteiger partial charge in [-0.2, -0.15) is 0 Å². The molecular formula is C10H16FNO3. The second-order valence-corrected chi connectivity index (χ2v) is 4.06. The molecule has 1 fully saturated rings. The first kappa shape index (κ1) is 13.7. The molecule has 0 atom stereocenters. The Morgan fingerprint density at radius 3 is 2.27 bits per heavy atom. The van der Waals surface area contributed by atoms with Crippen molar-refractivity contribution in [3.05, 3.63) is 5.70 Å². The Bertz CT molecular complexity index is 254. The van der Waals surface area contributed by atoms with E-state index < -0.39 is 0 Å². The average molecular weight is 217 g/mol. The lowest BCUT2D eigenvalue weighted by molar-refractivity contribution is -0.138. The molecule has 0 radical (unpaired) electrons. The second kappa shape index (κ2) is 6.19. The fraction of sp³-hybridized carbons (Fsp3) is 0.700. The van der Waals surface area contributed by atoms with Gasteiger partial charge in [-0.1, -0.05) is 4.48 Å². The van der Waals surface area contributed by atoms with Gasteiger partial charge in [0, 0.05) is 6.42 Å². The third kappa shape index (κ3) is 6.69. The summed E-state index contributed by atoms with van der Waals surface area (Å²) in [5.74, 6) is 1.53. The minimum atomic E-state index is -0.318. The molecule has 5 heteroatoms. The maximum Gasteiger partial charge on any atom is 0.293 e. The number of carbonyl (C=O) groups is 1. The van der Waals surface area contributed by atoms with Crippen LogP contribution in [0, 0.1) is 0 Å². The number of allylic oxidation sites excluding steroid dienone is 1. The van der Waals surface area contributed by atoms with E-state index >= 15 is 0 Å². The molecule has 0 aromatic rings.